The van der Waals surface area contributed by atoms with Gasteiger partial charge in [-0.3, -0.25) is 14.4 Å². The molecule has 3 amide bonds. The molecule has 0 aliphatic carbocycles. The highest BCUT2D eigenvalue weighted by Gasteiger charge is 2.31. The largest absolute Gasteiger partial charge is 0.480 e. The Hall–Kier alpha value is -5.28. The fourth-order valence-electron chi connectivity index (χ4n) is 4.95. The first-order valence-corrected chi connectivity index (χ1v) is 14.8. The lowest BCUT2D eigenvalue weighted by Gasteiger charge is -2.25. The van der Waals surface area contributed by atoms with Gasteiger partial charge in [-0.2, -0.15) is 0 Å². The lowest BCUT2D eigenvalue weighted by atomic mass is 10.0. The second-order valence-corrected chi connectivity index (χ2v) is 10.9. The minimum absolute atomic E-state index is 0.0694. The average molecular weight is 607 g/mol. The molecule has 4 rings (SSSR count). The van der Waals surface area contributed by atoms with Gasteiger partial charge in [0.05, 0.1) is 6.04 Å². The zero-order valence-corrected chi connectivity index (χ0v) is 24.8. The molecule has 4 aromatic carbocycles. The molecule has 0 radical (unpaired) electrons. The van der Waals surface area contributed by atoms with Gasteiger partial charge in [-0.05, 0) is 28.7 Å². The molecular formula is C36H38N4O5. The lowest BCUT2D eigenvalue weighted by Crippen LogP contribution is -2.58. The van der Waals surface area contributed by atoms with Gasteiger partial charge < -0.3 is 26.8 Å². The van der Waals surface area contributed by atoms with Crippen LogP contribution in [0.2, 0.25) is 0 Å². The third-order valence-electron chi connectivity index (χ3n) is 7.36. The van der Waals surface area contributed by atoms with Gasteiger partial charge in [0.1, 0.15) is 18.1 Å². The Morgan fingerprint density at radius 1 is 0.467 bits per heavy atom. The molecule has 0 saturated carbocycles. The highest BCUT2D eigenvalue weighted by Crippen LogP contribution is 2.10. The summed E-state index contributed by atoms with van der Waals surface area (Å²) in [5.41, 5.74) is 9.41. The van der Waals surface area contributed by atoms with E-state index >= 15 is 0 Å². The second kappa shape index (κ2) is 16.5. The van der Waals surface area contributed by atoms with E-state index in [0.717, 1.165) is 22.3 Å². The molecular weight excluding hydrogens is 568 g/mol. The van der Waals surface area contributed by atoms with E-state index in [1.807, 2.05) is 97.1 Å². The van der Waals surface area contributed by atoms with E-state index in [2.05, 4.69) is 16.0 Å². The summed E-state index contributed by atoms with van der Waals surface area (Å²) in [4.78, 5) is 52.7. The van der Waals surface area contributed by atoms with Crippen LogP contribution in [0.5, 0.6) is 0 Å². The predicted octanol–water partition coefficient (Wildman–Crippen LogP) is 2.82. The van der Waals surface area contributed by atoms with E-state index in [-0.39, 0.29) is 25.7 Å². The molecule has 0 unspecified atom stereocenters. The maximum absolute atomic E-state index is 13.8. The molecule has 0 fully saturated rings. The van der Waals surface area contributed by atoms with Crippen molar-refractivity contribution in [3.05, 3.63) is 144 Å². The van der Waals surface area contributed by atoms with Gasteiger partial charge in [0.25, 0.3) is 0 Å². The van der Waals surface area contributed by atoms with Crippen LogP contribution in [0.4, 0.5) is 0 Å². The van der Waals surface area contributed by atoms with Crippen LogP contribution in [0.3, 0.4) is 0 Å². The zero-order chi connectivity index (χ0) is 32.0. The first kappa shape index (κ1) is 32.6. The van der Waals surface area contributed by atoms with Crippen molar-refractivity contribution in [1.29, 1.82) is 0 Å². The Morgan fingerprint density at radius 2 is 0.756 bits per heavy atom. The fourth-order valence-corrected chi connectivity index (χ4v) is 4.95. The number of nitrogens with two attached hydrogens (primary N) is 1. The van der Waals surface area contributed by atoms with E-state index in [9.17, 15) is 24.3 Å². The molecule has 6 N–H and O–H groups in total. The minimum Gasteiger partial charge on any atom is -0.480 e. The van der Waals surface area contributed by atoms with Gasteiger partial charge in [0.2, 0.25) is 17.7 Å². The first-order chi connectivity index (χ1) is 21.8. The van der Waals surface area contributed by atoms with Crippen molar-refractivity contribution in [2.45, 2.75) is 49.9 Å². The van der Waals surface area contributed by atoms with E-state index < -0.39 is 47.9 Å². The number of carbonyl (C=O) groups is 4. The van der Waals surface area contributed by atoms with Crippen molar-refractivity contribution in [2.75, 3.05) is 0 Å². The highest BCUT2D eigenvalue weighted by atomic mass is 16.4. The SMILES string of the molecule is N[C@H](Cc1ccccc1)C(=O)N[C@@H](Cc1ccccc1)C(=O)N[C@H](Cc1ccccc1)C(=O)N[C@@H](Cc1ccccc1)C(=O)O. The van der Waals surface area contributed by atoms with E-state index in [1.165, 1.54) is 0 Å². The Bertz CT molecular complexity index is 1540. The Balaban J connectivity index is 1.53. The standard InChI is InChI=1S/C36H38N4O5/c37-29(21-25-13-5-1-6-14-25)33(41)38-30(22-26-15-7-2-8-16-26)34(42)39-31(23-27-17-9-3-10-18-27)35(43)40-32(36(44)45)24-28-19-11-4-12-20-28/h1-20,29-32H,21-24,37H2,(H,38,41)(H,39,42)(H,40,43)(H,44,45)/t29-,30+,31-,32+/m1/s1. The molecule has 4 atom stereocenters. The molecule has 0 saturated heterocycles. The highest BCUT2D eigenvalue weighted by molar-refractivity contribution is 5.94. The van der Waals surface area contributed by atoms with E-state index in [4.69, 9.17) is 5.73 Å². The van der Waals surface area contributed by atoms with Crippen LogP contribution in [0.15, 0.2) is 121 Å². The van der Waals surface area contributed by atoms with Crippen LogP contribution >= 0.6 is 0 Å². The molecule has 0 bridgehead atoms. The van der Waals surface area contributed by atoms with Crippen molar-refractivity contribution in [1.82, 2.24) is 16.0 Å². The summed E-state index contributed by atoms with van der Waals surface area (Å²) in [6, 6.07) is 32.3. The monoisotopic (exact) mass is 606 g/mol. The molecule has 45 heavy (non-hydrogen) atoms. The number of aliphatic carboxylic acids is 1. The number of hydrogen-bond acceptors (Lipinski definition) is 5. The molecule has 9 heteroatoms. The average Bonchev–Trinajstić information content (AvgIpc) is 3.05. The number of nitrogens with one attached hydrogen (secondary N) is 3. The predicted molar refractivity (Wildman–Crippen MR) is 172 cm³/mol. The maximum Gasteiger partial charge on any atom is 0.326 e. The van der Waals surface area contributed by atoms with Crippen LogP contribution in [-0.4, -0.2) is 53.0 Å². The van der Waals surface area contributed by atoms with E-state index in [1.54, 1.807) is 24.3 Å². The van der Waals surface area contributed by atoms with Crippen LogP contribution in [0.25, 0.3) is 0 Å². The summed E-state index contributed by atoms with van der Waals surface area (Å²) in [6.45, 7) is 0. The van der Waals surface area contributed by atoms with Gasteiger partial charge in [0, 0.05) is 19.3 Å². The van der Waals surface area contributed by atoms with Crippen molar-refractivity contribution in [3.8, 4) is 0 Å². The molecule has 0 aromatic heterocycles. The number of amides is 3. The van der Waals surface area contributed by atoms with Gasteiger partial charge in [-0.15, -0.1) is 0 Å². The van der Waals surface area contributed by atoms with Crippen molar-refractivity contribution >= 4 is 23.7 Å². The quantitative estimate of drug-likeness (QED) is 0.140. The molecule has 4 aromatic rings. The Morgan fingerprint density at radius 3 is 1.11 bits per heavy atom. The number of rotatable bonds is 15. The molecule has 0 aliphatic heterocycles. The van der Waals surface area contributed by atoms with Crippen LogP contribution in [-0.2, 0) is 44.9 Å². The Kier molecular flexibility index (Phi) is 12.0. The molecule has 0 aliphatic rings. The molecule has 0 heterocycles. The van der Waals surface area contributed by atoms with Gasteiger partial charge in [0.15, 0.2) is 0 Å². The van der Waals surface area contributed by atoms with Gasteiger partial charge >= 0.3 is 5.97 Å². The summed E-state index contributed by atoms with van der Waals surface area (Å²) < 4.78 is 0. The second-order valence-electron chi connectivity index (χ2n) is 10.9. The Labute approximate surface area is 262 Å². The van der Waals surface area contributed by atoms with Crippen LogP contribution < -0.4 is 21.7 Å². The van der Waals surface area contributed by atoms with Crippen LogP contribution in [0.1, 0.15) is 22.3 Å². The number of hydrogen-bond donors (Lipinski definition) is 5. The zero-order valence-electron chi connectivity index (χ0n) is 24.8. The lowest BCUT2D eigenvalue weighted by molar-refractivity contribution is -0.142. The van der Waals surface area contributed by atoms with Crippen molar-refractivity contribution in [2.24, 2.45) is 5.73 Å². The molecule has 9 nitrogen and oxygen atoms in total. The number of carboxylic acid groups (broad SMARTS) is 1. The van der Waals surface area contributed by atoms with Crippen molar-refractivity contribution < 1.29 is 24.3 Å². The summed E-state index contributed by atoms with van der Waals surface area (Å²) in [5, 5.41) is 18.1. The smallest absolute Gasteiger partial charge is 0.326 e. The van der Waals surface area contributed by atoms with Gasteiger partial charge in [-0.1, -0.05) is 121 Å². The normalized spacial score (nSPS) is 13.4. The number of carbonyl (C=O) groups excluding carboxylic acids is 3. The third-order valence-corrected chi connectivity index (χ3v) is 7.36. The van der Waals surface area contributed by atoms with Crippen molar-refractivity contribution in [3.63, 3.8) is 0 Å². The summed E-state index contributed by atoms with van der Waals surface area (Å²) in [5.74, 6) is -2.95. The number of carboxylic acids is 1. The number of benzene rings is 4. The summed E-state index contributed by atoms with van der Waals surface area (Å²) in [7, 11) is 0. The minimum atomic E-state index is -1.22. The first-order valence-electron chi connectivity index (χ1n) is 14.8. The van der Waals surface area contributed by atoms with Crippen LogP contribution in [0, 0.1) is 0 Å². The summed E-state index contributed by atoms with van der Waals surface area (Å²) in [6.07, 6.45) is 0.612. The molecule has 232 valence electrons. The fraction of sp³-hybridized carbons (Fsp3) is 0.222. The molecule has 0 spiro atoms. The summed E-state index contributed by atoms with van der Waals surface area (Å²) >= 11 is 0. The maximum atomic E-state index is 13.8. The third kappa shape index (κ3) is 10.4. The topological polar surface area (TPSA) is 151 Å². The van der Waals surface area contributed by atoms with Gasteiger partial charge in [-0.25, -0.2) is 4.79 Å². The van der Waals surface area contributed by atoms with E-state index in [0.29, 0.717) is 0 Å².